The van der Waals surface area contributed by atoms with Crippen LogP contribution in [0.25, 0.3) is 0 Å². The number of aromatic nitrogens is 3. The van der Waals surface area contributed by atoms with Crippen molar-refractivity contribution >= 4 is 17.3 Å². The van der Waals surface area contributed by atoms with E-state index in [2.05, 4.69) is 14.7 Å². The van der Waals surface area contributed by atoms with Crippen LogP contribution < -0.4 is 5.73 Å². The van der Waals surface area contributed by atoms with Crippen LogP contribution in [0.1, 0.15) is 18.0 Å². The first-order chi connectivity index (χ1) is 8.69. The van der Waals surface area contributed by atoms with Crippen molar-refractivity contribution in [2.75, 3.05) is 7.11 Å². The summed E-state index contributed by atoms with van der Waals surface area (Å²) in [6.45, 7) is 0.727. The molecular weight excluding hydrogens is 264 g/mol. The number of carbonyl (C=O) groups excluding carboxylic acids is 1. The predicted molar refractivity (Wildman–Crippen MR) is 73.9 cm³/mol. The van der Waals surface area contributed by atoms with E-state index in [1.54, 1.807) is 23.2 Å². The molecule has 0 amide bonds. The average Bonchev–Trinajstić information content (AvgIpc) is 3.01. The van der Waals surface area contributed by atoms with Crippen molar-refractivity contribution in [1.29, 1.82) is 0 Å². The molecule has 0 unspecified atom stereocenters. The molecule has 2 heterocycles. The summed E-state index contributed by atoms with van der Waals surface area (Å²) in [5, 5.41) is 0. The standard InChI is InChI=1S/C11H14N4O2S.CH4/c1-17-11(16)10(12)2-8-4-15(6-14-8)5-9-3-13-7-18-9;/h3-4,6-7,10H,2,5,12H2,1H3;1H4/t10-;/m0./s1. The van der Waals surface area contributed by atoms with Crippen LogP contribution in [-0.2, 0) is 22.5 Å². The van der Waals surface area contributed by atoms with Crippen LogP contribution in [-0.4, -0.2) is 33.7 Å². The molecule has 7 heteroatoms. The SMILES string of the molecule is C.COC(=O)[C@@H](N)Cc1cn(Cc2cncs2)cn1. The lowest BCUT2D eigenvalue weighted by Crippen LogP contribution is -2.33. The van der Waals surface area contributed by atoms with Gasteiger partial charge in [-0.15, -0.1) is 11.3 Å². The van der Waals surface area contributed by atoms with Crippen molar-refractivity contribution in [3.8, 4) is 0 Å². The first-order valence-electron chi connectivity index (χ1n) is 5.40. The molecule has 0 bridgehead atoms. The fourth-order valence-electron chi connectivity index (χ4n) is 1.56. The predicted octanol–water partition coefficient (Wildman–Crippen LogP) is 1.07. The summed E-state index contributed by atoms with van der Waals surface area (Å²) in [6, 6.07) is -0.665. The normalized spacial score (nSPS) is 11.7. The molecule has 0 saturated carbocycles. The van der Waals surface area contributed by atoms with Gasteiger partial charge in [-0.05, 0) is 0 Å². The van der Waals surface area contributed by atoms with E-state index in [0.717, 1.165) is 17.1 Å². The molecule has 1 atom stereocenters. The third kappa shape index (κ3) is 4.15. The minimum absolute atomic E-state index is 0. The van der Waals surface area contributed by atoms with Gasteiger partial charge >= 0.3 is 5.97 Å². The Kier molecular flexibility index (Phi) is 5.65. The Morgan fingerprint density at radius 1 is 1.63 bits per heavy atom. The Labute approximate surface area is 116 Å². The van der Waals surface area contributed by atoms with E-state index in [0.29, 0.717) is 6.42 Å². The van der Waals surface area contributed by atoms with Gasteiger partial charge in [0.25, 0.3) is 0 Å². The number of carbonyl (C=O) groups is 1. The Balaban J connectivity index is 0.00000180. The van der Waals surface area contributed by atoms with Crippen LogP contribution in [0.4, 0.5) is 0 Å². The van der Waals surface area contributed by atoms with Crippen LogP contribution in [0.5, 0.6) is 0 Å². The molecule has 0 spiro atoms. The van der Waals surface area contributed by atoms with Crippen LogP contribution in [0, 0.1) is 0 Å². The van der Waals surface area contributed by atoms with E-state index in [1.807, 2.05) is 17.0 Å². The third-order valence-electron chi connectivity index (χ3n) is 2.44. The number of hydrogen-bond donors (Lipinski definition) is 1. The lowest BCUT2D eigenvalue weighted by Gasteiger charge is -2.06. The van der Waals surface area contributed by atoms with Crippen LogP contribution in [0.3, 0.4) is 0 Å². The number of hydrogen-bond acceptors (Lipinski definition) is 6. The van der Waals surface area contributed by atoms with Crippen molar-refractivity contribution in [3.05, 3.63) is 34.8 Å². The second kappa shape index (κ2) is 7.01. The molecule has 2 N–H and O–H groups in total. The molecule has 0 aliphatic heterocycles. The van der Waals surface area contributed by atoms with Gasteiger partial charge in [-0.25, -0.2) is 4.98 Å². The molecule has 0 aromatic carbocycles. The third-order valence-corrected chi connectivity index (χ3v) is 3.21. The van der Waals surface area contributed by atoms with Crippen molar-refractivity contribution in [2.24, 2.45) is 5.73 Å². The van der Waals surface area contributed by atoms with E-state index < -0.39 is 12.0 Å². The molecule has 6 nitrogen and oxygen atoms in total. The summed E-state index contributed by atoms with van der Waals surface area (Å²) in [6.07, 6.45) is 5.80. The molecular formula is C12H18N4O2S. The first kappa shape index (κ1) is 15.3. The fraction of sp³-hybridized carbons (Fsp3) is 0.417. The highest BCUT2D eigenvalue weighted by Gasteiger charge is 2.15. The van der Waals surface area contributed by atoms with Crippen LogP contribution in [0.2, 0.25) is 0 Å². The molecule has 0 aliphatic rings. The Hall–Kier alpha value is -1.73. The van der Waals surface area contributed by atoms with Gasteiger partial charge in [0.05, 0.1) is 31.2 Å². The van der Waals surface area contributed by atoms with Crippen LogP contribution in [0.15, 0.2) is 24.2 Å². The van der Waals surface area contributed by atoms with Gasteiger partial charge in [0.2, 0.25) is 0 Å². The van der Waals surface area contributed by atoms with Crippen molar-refractivity contribution in [1.82, 2.24) is 14.5 Å². The summed E-state index contributed by atoms with van der Waals surface area (Å²) in [5.74, 6) is -0.424. The second-order valence-corrected chi connectivity index (χ2v) is 4.81. The zero-order valence-corrected chi connectivity index (χ0v) is 10.8. The fourth-order valence-corrected chi connectivity index (χ4v) is 2.16. The number of rotatable bonds is 5. The summed E-state index contributed by atoms with van der Waals surface area (Å²) in [4.78, 5) is 20.6. The second-order valence-electron chi connectivity index (χ2n) is 3.84. The minimum Gasteiger partial charge on any atom is -0.468 e. The number of thiazole rings is 1. The lowest BCUT2D eigenvalue weighted by molar-refractivity contribution is -0.142. The van der Waals surface area contributed by atoms with Gasteiger partial charge in [0.1, 0.15) is 6.04 Å². The number of nitrogens with zero attached hydrogens (tertiary/aromatic N) is 3. The van der Waals surface area contributed by atoms with Gasteiger partial charge in [-0.3, -0.25) is 9.78 Å². The molecule has 2 aromatic heterocycles. The van der Waals surface area contributed by atoms with E-state index in [-0.39, 0.29) is 7.43 Å². The molecule has 104 valence electrons. The van der Waals surface area contributed by atoms with Gasteiger partial charge in [0, 0.05) is 23.7 Å². The van der Waals surface area contributed by atoms with Crippen molar-refractivity contribution in [3.63, 3.8) is 0 Å². The molecule has 19 heavy (non-hydrogen) atoms. The number of esters is 1. The monoisotopic (exact) mass is 282 g/mol. The maximum absolute atomic E-state index is 11.2. The maximum atomic E-state index is 11.2. The summed E-state index contributed by atoms with van der Waals surface area (Å²) >= 11 is 1.59. The van der Waals surface area contributed by atoms with Gasteiger partial charge in [-0.2, -0.15) is 0 Å². The zero-order valence-electron chi connectivity index (χ0n) is 9.94. The van der Waals surface area contributed by atoms with Crippen molar-refractivity contribution < 1.29 is 9.53 Å². The highest BCUT2D eigenvalue weighted by molar-refractivity contribution is 7.09. The Morgan fingerprint density at radius 2 is 2.42 bits per heavy atom. The highest BCUT2D eigenvalue weighted by Crippen LogP contribution is 2.09. The summed E-state index contributed by atoms with van der Waals surface area (Å²) in [5.41, 5.74) is 8.24. The molecule has 0 saturated heterocycles. The van der Waals surface area contributed by atoms with E-state index in [1.165, 1.54) is 7.11 Å². The zero-order chi connectivity index (χ0) is 13.0. The largest absolute Gasteiger partial charge is 0.468 e. The van der Waals surface area contributed by atoms with Crippen LogP contribution >= 0.6 is 11.3 Å². The van der Waals surface area contributed by atoms with E-state index >= 15 is 0 Å². The van der Waals surface area contributed by atoms with E-state index in [9.17, 15) is 4.79 Å². The number of nitrogens with two attached hydrogens (primary N) is 1. The highest BCUT2D eigenvalue weighted by atomic mass is 32.1. The molecule has 0 aliphatic carbocycles. The minimum atomic E-state index is -0.665. The maximum Gasteiger partial charge on any atom is 0.323 e. The Morgan fingerprint density at radius 3 is 3.05 bits per heavy atom. The summed E-state index contributed by atoms with van der Waals surface area (Å²) < 4.78 is 6.51. The quantitative estimate of drug-likeness (QED) is 0.829. The lowest BCUT2D eigenvalue weighted by atomic mass is 10.2. The average molecular weight is 282 g/mol. The molecule has 0 radical (unpaired) electrons. The number of methoxy groups -OCH3 is 1. The molecule has 2 aromatic rings. The van der Waals surface area contributed by atoms with E-state index in [4.69, 9.17) is 5.73 Å². The van der Waals surface area contributed by atoms with Gasteiger partial charge < -0.3 is 15.0 Å². The number of imidazole rings is 1. The summed E-state index contributed by atoms with van der Waals surface area (Å²) in [7, 11) is 1.32. The molecule has 2 rings (SSSR count). The smallest absolute Gasteiger partial charge is 0.323 e. The first-order valence-corrected chi connectivity index (χ1v) is 6.28. The van der Waals surface area contributed by atoms with Gasteiger partial charge in [-0.1, -0.05) is 7.43 Å². The number of ether oxygens (including phenoxy) is 1. The Bertz CT molecular complexity index is 510. The van der Waals surface area contributed by atoms with Gasteiger partial charge in [0.15, 0.2) is 0 Å². The molecule has 0 fully saturated rings. The topological polar surface area (TPSA) is 83.0 Å². The van der Waals surface area contributed by atoms with Crippen molar-refractivity contribution in [2.45, 2.75) is 26.4 Å².